The zero-order valence-electron chi connectivity index (χ0n) is 4.89. The number of hydrogen-bond acceptors (Lipinski definition) is 4. The van der Waals surface area contributed by atoms with Crippen molar-refractivity contribution in [2.75, 3.05) is 0 Å². The van der Waals surface area contributed by atoms with Gasteiger partial charge in [0.2, 0.25) is 0 Å². The van der Waals surface area contributed by atoms with Crippen LogP contribution in [-0.2, 0) is 0 Å². The van der Waals surface area contributed by atoms with Crippen LogP contribution in [0.25, 0.3) is 0 Å². The van der Waals surface area contributed by atoms with Gasteiger partial charge in [-0.1, -0.05) is 0 Å². The van der Waals surface area contributed by atoms with E-state index in [-0.39, 0.29) is 5.75 Å². The van der Waals surface area contributed by atoms with Crippen LogP contribution in [0.2, 0.25) is 0 Å². The number of aromatic nitrogens is 2. The smallest absolute Gasteiger partial charge is 0.449 e. The molecule has 0 aliphatic heterocycles. The summed E-state index contributed by atoms with van der Waals surface area (Å²) in [6, 6.07) is 0. The second kappa shape index (κ2) is 2.77. The molecule has 0 unspecified atom stereocenters. The standard InChI is InChI=1S/C5H4N2O3/c8-5(9)10-4-1-6-3-7-2-4/h1-3H,(H,8,9). The molecule has 0 aromatic carbocycles. The molecule has 0 atom stereocenters. The molecular formula is C5H4N2O3. The van der Waals surface area contributed by atoms with Gasteiger partial charge in [0.25, 0.3) is 0 Å². The summed E-state index contributed by atoms with van der Waals surface area (Å²) in [7, 11) is 0. The van der Waals surface area contributed by atoms with Crippen molar-refractivity contribution in [2.24, 2.45) is 0 Å². The Balaban J connectivity index is 2.67. The predicted molar refractivity (Wildman–Crippen MR) is 30.7 cm³/mol. The van der Waals surface area contributed by atoms with Crippen molar-refractivity contribution in [1.82, 2.24) is 9.97 Å². The first kappa shape index (κ1) is 6.47. The zero-order chi connectivity index (χ0) is 7.40. The van der Waals surface area contributed by atoms with Gasteiger partial charge in [-0.05, 0) is 0 Å². The molecule has 10 heavy (non-hydrogen) atoms. The Bertz CT molecular complexity index is 224. The fourth-order valence-electron chi connectivity index (χ4n) is 0.439. The fraction of sp³-hybridized carbons (Fsp3) is 0. The zero-order valence-corrected chi connectivity index (χ0v) is 4.89. The number of ether oxygens (including phenoxy) is 1. The van der Waals surface area contributed by atoms with Gasteiger partial charge in [-0.15, -0.1) is 0 Å². The normalized spacial score (nSPS) is 8.80. The average molecular weight is 140 g/mol. The first-order valence-electron chi connectivity index (χ1n) is 2.45. The Morgan fingerprint density at radius 1 is 1.50 bits per heavy atom. The molecule has 1 aromatic rings. The van der Waals surface area contributed by atoms with E-state index in [1.165, 1.54) is 18.7 Å². The molecule has 5 heteroatoms. The first-order chi connectivity index (χ1) is 4.79. The number of hydrogen-bond donors (Lipinski definition) is 1. The monoisotopic (exact) mass is 140 g/mol. The van der Waals surface area contributed by atoms with Crippen LogP contribution in [0.4, 0.5) is 4.79 Å². The van der Waals surface area contributed by atoms with Gasteiger partial charge in [-0.3, -0.25) is 0 Å². The third kappa shape index (κ3) is 1.70. The highest BCUT2D eigenvalue weighted by Crippen LogP contribution is 2.02. The van der Waals surface area contributed by atoms with E-state index >= 15 is 0 Å². The molecule has 0 amide bonds. The first-order valence-corrected chi connectivity index (χ1v) is 2.45. The molecule has 0 aliphatic carbocycles. The topological polar surface area (TPSA) is 72.3 Å². The highest BCUT2D eigenvalue weighted by atomic mass is 16.7. The molecule has 0 fully saturated rings. The summed E-state index contributed by atoms with van der Waals surface area (Å²) >= 11 is 0. The summed E-state index contributed by atoms with van der Waals surface area (Å²) in [6.07, 6.45) is 2.45. The van der Waals surface area contributed by atoms with Crippen LogP contribution in [-0.4, -0.2) is 21.2 Å². The van der Waals surface area contributed by atoms with Gasteiger partial charge >= 0.3 is 6.16 Å². The van der Waals surface area contributed by atoms with Crippen LogP contribution < -0.4 is 4.74 Å². The van der Waals surface area contributed by atoms with Crippen molar-refractivity contribution in [3.8, 4) is 5.75 Å². The molecule has 1 heterocycles. The molecule has 1 N–H and O–H groups in total. The fourth-order valence-corrected chi connectivity index (χ4v) is 0.439. The van der Waals surface area contributed by atoms with Crippen molar-refractivity contribution >= 4 is 6.16 Å². The minimum Gasteiger partial charge on any atom is -0.449 e. The second-order valence-corrected chi connectivity index (χ2v) is 1.44. The third-order valence-corrected chi connectivity index (χ3v) is 0.742. The number of carboxylic acid groups (broad SMARTS) is 1. The molecule has 1 rings (SSSR count). The summed E-state index contributed by atoms with van der Waals surface area (Å²) < 4.78 is 4.21. The van der Waals surface area contributed by atoms with E-state index in [2.05, 4.69) is 14.7 Å². The van der Waals surface area contributed by atoms with E-state index in [0.717, 1.165) is 0 Å². The van der Waals surface area contributed by atoms with Gasteiger partial charge < -0.3 is 9.84 Å². The number of nitrogens with zero attached hydrogens (tertiary/aromatic N) is 2. The van der Waals surface area contributed by atoms with Gasteiger partial charge in [0.1, 0.15) is 6.33 Å². The van der Waals surface area contributed by atoms with Crippen molar-refractivity contribution < 1.29 is 14.6 Å². The Morgan fingerprint density at radius 2 is 2.10 bits per heavy atom. The van der Waals surface area contributed by atoms with Crippen LogP contribution >= 0.6 is 0 Å². The summed E-state index contributed by atoms with van der Waals surface area (Å²) in [5.41, 5.74) is 0. The molecule has 0 saturated heterocycles. The van der Waals surface area contributed by atoms with Gasteiger partial charge in [-0.25, -0.2) is 14.8 Å². The van der Waals surface area contributed by atoms with Crippen LogP contribution in [0.1, 0.15) is 0 Å². The van der Waals surface area contributed by atoms with Gasteiger partial charge in [0.15, 0.2) is 5.75 Å². The molecule has 0 spiro atoms. The second-order valence-electron chi connectivity index (χ2n) is 1.44. The summed E-state index contributed by atoms with van der Waals surface area (Å²) in [4.78, 5) is 17.0. The molecule has 5 nitrogen and oxygen atoms in total. The summed E-state index contributed by atoms with van der Waals surface area (Å²) in [5, 5.41) is 8.09. The van der Waals surface area contributed by atoms with Crippen LogP contribution in [0.5, 0.6) is 5.75 Å². The van der Waals surface area contributed by atoms with Crippen molar-refractivity contribution in [3.63, 3.8) is 0 Å². The lowest BCUT2D eigenvalue weighted by Gasteiger charge is -1.94. The Kier molecular flexibility index (Phi) is 1.79. The van der Waals surface area contributed by atoms with Gasteiger partial charge in [0.05, 0.1) is 12.4 Å². The minimum absolute atomic E-state index is 0.120. The minimum atomic E-state index is -1.37. The van der Waals surface area contributed by atoms with E-state index in [9.17, 15) is 4.79 Å². The number of carbonyl (C=O) groups is 1. The van der Waals surface area contributed by atoms with Crippen molar-refractivity contribution in [1.29, 1.82) is 0 Å². The van der Waals surface area contributed by atoms with Crippen LogP contribution in [0.3, 0.4) is 0 Å². The summed E-state index contributed by atoms with van der Waals surface area (Å²) in [6.45, 7) is 0. The van der Waals surface area contributed by atoms with E-state index in [0.29, 0.717) is 0 Å². The van der Waals surface area contributed by atoms with E-state index in [1.54, 1.807) is 0 Å². The maximum Gasteiger partial charge on any atom is 0.511 e. The SMILES string of the molecule is O=C(O)Oc1cncnc1. The molecule has 0 saturated carbocycles. The van der Waals surface area contributed by atoms with Gasteiger partial charge in [0, 0.05) is 0 Å². The lowest BCUT2D eigenvalue weighted by atomic mass is 10.6. The predicted octanol–water partition coefficient (Wildman–Crippen LogP) is 0.533. The van der Waals surface area contributed by atoms with Gasteiger partial charge in [-0.2, -0.15) is 0 Å². The molecule has 0 aliphatic rings. The quantitative estimate of drug-likeness (QED) is 0.576. The molecule has 52 valence electrons. The Morgan fingerprint density at radius 3 is 2.60 bits per heavy atom. The maximum absolute atomic E-state index is 9.89. The molecule has 1 aromatic heterocycles. The number of rotatable bonds is 1. The van der Waals surface area contributed by atoms with E-state index in [4.69, 9.17) is 5.11 Å². The third-order valence-electron chi connectivity index (χ3n) is 0.742. The Hall–Kier alpha value is -1.65. The highest BCUT2D eigenvalue weighted by Gasteiger charge is 1.98. The van der Waals surface area contributed by atoms with Crippen LogP contribution in [0, 0.1) is 0 Å². The van der Waals surface area contributed by atoms with Crippen molar-refractivity contribution in [3.05, 3.63) is 18.7 Å². The Labute approximate surface area is 56.3 Å². The van der Waals surface area contributed by atoms with E-state index < -0.39 is 6.16 Å². The van der Waals surface area contributed by atoms with Crippen molar-refractivity contribution in [2.45, 2.75) is 0 Å². The van der Waals surface area contributed by atoms with Crippen LogP contribution in [0.15, 0.2) is 18.7 Å². The van der Waals surface area contributed by atoms with E-state index in [1.807, 2.05) is 0 Å². The maximum atomic E-state index is 9.89. The molecular weight excluding hydrogens is 136 g/mol. The highest BCUT2D eigenvalue weighted by molar-refractivity contribution is 5.60. The molecule has 0 radical (unpaired) electrons. The molecule has 0 bridgehead atoms. The largest absolute Gasteiger partial charge is 0.511 e. The lowest BCUT2D eigenvalue weighted by molar-refractivity contribution is 0.144. The average Bonchev–Trinajstić information content (AvgIpc) is 1.88. The lowest BCUT2D eigenvalue weighted by Crippen LogP contribution is -2.03. The summed E-state index contributed by atoms with van der Waals surface area (Å²) in [5.74, 6) is 0.120.